The zero-order valence-corrected chi connectivity index (χ0v) is 10.8. The summed E-state index contributed by atoms with van der Waals surface area (Å²) in [6.45, 7) is 2.49. The lowest BCUT2D eigenvalue weighted by Crippen LogP contribution is -1.97. The Bertz CT molecular complexity index is 796. The predicted octanol–water partition coefficient (Wildman–Crippen LogP) is 3.27. The van der Waals surface area contributed by atoms with E-state index in [2.05, 4.69) is 4.98 Å². The number of imidazole rings is 1. The van der Waals surface area contributed by atoms with Crippen LogP contribution in [0, 0.1) is 5.82 Å². The fourth-order valence-electron chi connectivity index (χ4n) is 2.32. The lowest BCUT2D eigenvalue weighted by Gasteiger charge is -2.08. The number of hydrogen-bond acceptors (Lipinski definition) is 3. The fraction of sp³-hybridized carbons (Fsp3) is 0.133. The zero-order valence-electron chi connectivity index (χ0n) is 10.8. The van der Waals surface area contributed by atoms with Crippen LogP contribution in [0.4, 0.5) is 4.39 Å². The number of halogens is 1. The molecule has 102 valence electrons. The smallest absolute Gasteiger partial charge is 0.145 e. The van der Waals surface area contributed by atoms with Gasteiger partial charge in [0.15, 0.2) is 0 Å². The number of nitrogens with zero attached hydrogens (tertiary/aromatic N) is 2. The van der Waals surface area contributed by atoms with Crippen molar-refractivity contribution in [2.45, 2.75) is 13.5 Å². The van der Waals surface area contributed by atoms with E-state index in [1.165, 1.54) is 30.3 Å². The van der Waals surface area contributed by atoms with Gasteiger partial charge in [-0.05, 0) is 43.3 Å². The van der Waals surface area contributed by atoms with Crippen molar-refractivity contribution in [2.75, 3.05) is 0 Å². The van der Waals surface area contributed by atoms with Gasteiger partial charge in [0.05, 0.1) is 16.6 Å². The van der Waals surface area contributed by atoms with Crippen LogP contribution >= 0.6 is 0 Å². The molecule has 2 N–H and O–H groups in total. The molecule has 3 rings (SSSR count). The molecule has 0 spiro atoms. The lowest BCUT2D eigenvalue weighted by molar-refractivity contribution is 0.461. The van der Waals surface area contributed by atoms with Crippen LogP contribution < -0.4 is 0 Å². The number of aromatic hydroxyl groups is 2. The second-order valence-electron chi connectivity index (χ2n) is 4.51. The van der Waals surface area contributed by atoms with Crippen molar-refractivity contribution in [1.82, 2.24) is 9.55 Å². The summed E-state index contributed by atoms with van der Waals surface area (Å²) in [5, 5.41) is 19.5. The number of phenols is 2. The topological polar surface area (TPSA) is 58.3 Å². The highest BCUT2D eigenvalue weighted by Gasteiger charge is 2.15. The number of aryl methyl sites for hydroxylation is 1. The second kappa shape index (κ2) is 4.52. The normalized spacial score (nSPS) is 11.1. The first-order valence-corrected chi connectivity index (χ1v) is 6.28. The molecule has 5 heteroatoms. The van der Waals surface area contributed by atoms with Crippen LogP contribution in [0.5, 0.6) is 11.5 Å². The number of aromatic nitrogens is 2. The molecule has 0 aliphatic carbocycles. The summed E-state index contributed by atoms with van der Waals surface area (Å²) < 4.78 is 15.2. The molecule has 0 fully saturated rings. The van der Waals surface area contributed by atoms with Gasteiger partial charge in [0, 0.05) is 6.54 Å². The first-order chi connectivity index (χ1) is 9.60. The minimum absolute atomic E-state index is 0.0216. The fourth-order valence-corrected chi connectivity index (χ4v) is 2.32. The zero-order chi connectivity index (χ0) is 14.3. The summed E-state index contributed by atoms with van der Waals surface area (Å²) in [7, 11) is 0. The van der Waals surface area contributed by atoms with Crippen LogP contribution in [0.1, 0.15) is 6.92 Å². The van der Waals surface area contributed by atoms with Gasteiger partial charge in [-0.1, -0.05) is 0 Å². The molecule has 0 aliphatic rings. The average molecular weight is 272 g/mol. The molecule has 0 saturated heterocycles. The van der Waals surface area contributed by atoms with E-state index in [-0.39, 0.29) is 17.3 Å². The van der Waals surface area contributed by atoms with Gasteiger partial charge in [-0.3, -0.25) is 0 Å². The van der Waals surface area contributed by atoms with Crippen molar-refractivity contribution in [1.29, 1.82) is 0 Å². The average Bonchev–Trinajstić information content (AvgIpc) is 2.79. The summed E-state index contributed by atoms with van der Waals surface area (Å²) in [6.07, 6.45) is 0. The molecule has 2 aromatic carbocycles. The first-order valence-electron chi connectivity index (χ1n) is 6.28. The Kier molecular flexibility index (Phi) is 2.82. The van der Waals surface area contributed by atoms with E-state index >= 15 is 0 Å². The molecule has 0 amide bonds. The Morgan fingerprint density at radius 2 is 1.95 bits per heavy atom. The van der Waals surface area contributed by atoms with Crippen LogP contribution in [0.3, 0.4) is 0 Å². The Labute approximate surface area is 114 Å². The minimum atomic E-state index is -0.334. The van der Waals surface area contributed by atoms with E-state index in [0.717, 1.165) is 0 Å². The molecule has 0 radical (unpaired) electrons. The maximum Gasteiger partial charge on any atom is 0.145 e. The number of rotatable bonds is 2. The highest BCUT2D eigenvalue weighted by molar-refractivity contribution is 5.82. The van der Waals surface area contributed by atoms with Crippen molar-refractivity contribution in [3.05, 3.63) is 42.2 Å². The maximum absolute atomic E-state index is 13.4. The van der Waals surface area contributed by atoms with Gasteiger partial charge in [-0.2, -0.15) is 0 Å². The summed E-state index contributed by atoms with van der Waals surface area (Å²) in [6, 6.07) is 8.61. The largest absolute Gasteiger partial charge is 0.508 e. The quantitative estimate of drug-likeness (QED) is 0.704. The summed E-state index contributed by atoms with van der Waals surface area (Å²) in [5.74, 6) is 0.229. The molecule has 0 unspecified atom stereocenters. The maximum atomic E-state index is 13.4. The van der Waals surface area contributed by atoms with E-state index < -0.39 is 0 Å². The monoisotopic (exact) mass is 272 g/mol. The highest BCUT2D eigenvalue weighted by atomic mass is 19.1. The third-order valence-corrected chi connectivity index (χ3v) is 3.25. The number of benzene rings is 2. The molecular formula is C15H13FN2O2. The van der Waals surface area contributed by atoms with Crippen molar-refractivity contribution in [3.8, 4) is 22.9 Å². The third-order valence-electron chi connectivity index (χ3n) is 3.25. The molecule has 20 heavy (non-hydrogen) atoms. The van der Waals surface area contributed by atoms with Crippen molar-refractivity contribution in [2.24, 2.45) is 0 Å². The molecule has 1 heterocycles. The Hall–Kier alpha value is -2.56. The summed E-state index contributed by atoms with van der Waals surface area (Å²) >= 11 is 0. The van der Waals surface area contributed by atoms with E-state index in [1.807, 2.05) is 6.92 Å². The first kappa shape index (κ1) is 12.5. The van der Waals surface area contributed by atoms with E-state index in [0.29, 0.717) is 29.0 Å². The van der Waals surface area contributed by atoms with Crippen LogP contribution in [-0.2, 0) is 6.54 Å². The van der Waals surface area contributed by atoms with Crippen LogP contribution in [0.15, 0.2) is 36.4 Å². The van der Waals surface area contributed by atoms with Gasteiger partial charge in [-0.25, -0.2) is 9.37 Å². The molecule has 0 saturated carbocycles. The number of phenolic OH excluding ortho intramolecular Hbond substituents is 2. The van der Waals surface area contributed by atoms with Crippen molar-refractivity contribution < 1.29 is 14.6 Å². The van der Waals surface area contributed by atoms with Gasteiger partial charge in [0.2, 0.25) is 0 Å². The number of hydrogen-bond donors (Lipinski definition) is 2. The molecule has 4 nitrogen and oxygen atoms in total. The van der Waals surface area contributed by atoms with Gasteiger partial charge in [0.25, 0.3) is 0 Å². The Morgan fingerprint density at radius 1 is 1.15 bits per heavy atom. The SMILES string of the molecule is CCn1c(-c2cc(O)ccc2O)nc2ccc(F)cc21. The van der Waals surface area contributed by atoms with Gasteiger partial charge in [-0.15, -0.1) is 0 Å². The minimum Gasteiger partial charge on any atom is -0.508 e. The number of fused-ring (bicyclic) bond motifs is 1. The van der Waals surface area contributed by atoms with E-state index in [1.54, 1.807) is 10.6 Å². The van der Waals surface area contributed by atoms with Crippen LogP contribution in [0.2, 0.25) is 0 Å². The van der Waals surface area contributed by atoms with Gasteiger partial charge in [0.1, 0.15) is 23.1 Å². The van der Waals surface area contributed by atoms with E-state index in [4.69, 9.17) is 0 Å². The standard InChI is InChI=1S/C15H13FN2O2/c1-2-18-13-7-9(16)3-5-12(13)17-15(18)11-8-10(19)4-6-14(11)20/h3-8,19-20H,2H2,1H3. The van der Waals surface area contributed by atoms with Gasteiger partial charge < -0.3 is 14.8 Å². The molecule has 0 aliphatic heterocycles. The molecule has 3 aromatic rings. The lowest BCUT2D eigenvalue weighted by atomic mass is 10.1. The van der Waals surface area contributed by atoms with Crippen molar-refractivity contribution in [3.63, 3.8) is 0 Å². The summed E-state index contributed by atoms with van der Waals surface area (Å²) in [4.78, 5) is 4.42. The Morgan fingerprint density at radius 3 is 2.70 bits per heavy atom. The van der Waals surface area contributed by atoms with E-state index in [9.17, 15) is 14.6 Å². The van der Waals surface area contributed by atoms with Crippen LogP contribution in [-0.4, -0.2) is 19.8 Å². The molecule has 0 atom stereocenters. The molecule has 1 aromatic heterocycles. The molecular weight excluding hydrogens is 259 g/mol. The Balaban J connectivity index is 2.33. The highest BCUT2D eigenvalue weighted by Crippen LogP contribution is 2.33. The predicted molar refractivity (Wildman–Crippen MR) is 74.1 cm³/mol. The van der Waals surface area contributed by atoms with Gasteiger partial charge >= 0.3 is 0 Å². The second-order valence-corrected chi connectivity index (χ2v) is 4.51. The summed E-state index contributed by atoms with van der Waals surface area (Å²) in [5.41, 5.74) is 1.72. The molecule has 0 bridgehead atoms. The third kappa shape index (κ3) is 1.87. The van der Waals surface area contributed by atoms with Crippen molar-refractivity contribution >= 4 is 11.0 Å². The van der Waals surface area contributed by atoms with Crippen LogP contribution in [0.25, 0.3) is 22.4 Å².